The molecule has 1 N–H and O–H groups in total. The molecular formula is C15H21NO4. The fraction of sp³-hybridized carbons (Fsp3) is 0.533. The number of esters is 1. The molecule has 110 valence electrons. The number of nitrogens with one attached hydrogen (secondary N) is 1. The van der Waals surface area contributed by atoms with Gasteiger partial charge >= 0.3 is 5.97 Å². The highest BCUT2D eigenvalue weighted by Crippen LogP contribution is 2.21. The standard InChI is InChI=1S/C15H21NO4/c1-15(2)19-10-13(20-15)9-16-8-11-4-6-12(7-5-11)14(17)18-3/h4-7,13,16H,8-10H2,1-3H3. The minimum absolute atomic E-state index is 0.0827. The van der Waals surface area contributed by atoms with Gasteiger partial charge in [-0.05, 0) is 31.5 Å². The molecule has 1 aromatic carbocycles. The number of carbonyl (C=O) groups excluding carboxylic acids is 1. The smallest absolute Gasteiger partial charge is 0.337 e. The van der Waals surface area contributed by atoms with Crippen LogP contribution in [0, 0.1) is 0 Å². The Morgan fingerprint density at radius 3 is 2.65 bits per heavy atom. The van der Waals surface area contributed by atoms with Gasteiger partial charge in [-0.15, -0.1) is 0 Å². The molecule has 0 bridgehead atoms. The van der Waals surface area contributed by atoms with Gasteiger partial charge in [0.15, 0.2) is 5.79 Å². The Hall–Kier alpha value is -1.43. The van der Waals surface area contributed by atoms with E-state index in [1.807, 2.05) is 26.0 Å². The monoisotopic (exact) mass is 279 g/mol. The average molecular weight is 279 g/mol. The minimum atomic E-state index is -0.478. The summed E-state index contributed by atoms with van der Waals surface area (Å²) in [4.78, 5) is 11.3. The van der Waals surface area contributed by atoms with Crippen LogP contribution in [-0.4, -0.2) is 38.1 Å². The number of rotatable bonds is 5. The molecule has 1 aromatic rings. The van der Waals surface area contributed by atoms with Crippen molar-refractivity contribution in [1.29, 1.82) is 0 Å². The normalized spacial score (nSPS) is 20.9. The highest BCUT2D eigenvalue weighted by atomic mass is 16.7. The number of carbonyl (C=O) groups is 1. The molecule has 1 unspecified atom stereocenters. The molecule has 20 heavy (non-hydrogen) atoms. The van der Waals surface area contributed by atoms with E-state index in [9.17, 15) is 4.79 Å². The van der Waals surface area contributed by atoms with Crippen molar-refractivity contribution in [2.75, 3.05) is 20.3 Å². The lowest BCUT2D eigenvalue weighted by Gasteiger charge is -2.17. The summed E-state index contributed by atoms with van der Waals surface area (Å²) in [6, 6.07) is 7.35. The van der Waals surface area contributed by atoms with Crippen LogP contribution >= 0.6 is 0 Å². The van der Waals surface area contributed by atoms with Gasteiger partial charge in [0.1, 0.15) is 0 Å². The maximum absolute atomic E-state index is 11.3. The third-order valence-electron chi connectivity index (χ3n) is 3.14. The van der Waals surface area contributed by atoms with Gasteiger partial charge in [0.2, 0.25) is 0 Å². The van der Waals surface area contributed by atoms with Gasteiger partial charge in [0.25, 0.3) is 0 Å². The van der Waals surface area contributed by atoms with Crippen LogP contribution in [0.1, 0.15) is 29.8 Å². The van der Waals surface area contributed by atoms with E-state index in [0.29, 0.717) is 12.2 Å². The summed E-state index contributed by atoms with van der Waals surface area (Å²) in [6.07, 6.45) is 0.0827. The van der Waals surface area contributed by atoms with Crippen molar-refractivity contribution in [1.82, 2.24) is 5.32 Å². The van der Waals surface area contributed by atoms with Crippen LogP contribution in [-0.2, 0) is 20.8 Å². The zero-order valence-corrected chi connectivity index (χ0v) is 12.1. The lowest BCUT2D eigenvalue weighted by atomic mass is 10.1. The maximum atomic E-state index is 11.3. The largest absolute Gasteiger partial charge is 0.465 e. The molecular weight excluding hydrogens is 258 g/mol. The molecule has 1 fully saturated rings. The van der Waals surface area contributed by atoms with E-state index in [0.717, 1.165) is 18.7 Å². The first-order chi connectivity index (χ1) is 9.50. The summed E-state index contributed by atoms with van der Waals surface area (Å²) in [5.41, 5.74) is 1.67. The fourth-order valence-corrected chi connectivity index (χ4v) is 2.12. The Morgan fingerprint density at radius 2 is 2.10 bits per heavy atom. The Kier molecular flexibility index (Phi) is 4.75. The molecule has 5 heteroatoms. The van der Waals surface area contributed by atoms with E-state index in [1.54, 1.807) is 12.1 Å². The van der Waals surface area contributed by atoms with Crippen LogP contribution in [0.3, 0.4) is 0 Å². The van der Waals surface area contributed by atoms with Gasteiger partial charge in [-0.25, -0.2) is 4.79 Å². The molecule has 1 saturated heterocycles. The predicted octanol–water partition coefficient (Wildman–Crippen LogP) is 1.71. The zero-order valence-electron chi connectivity index (χ0n) is 12.1. The van der Waals surface area contributed by atoms with Crippen LogP contribution in [0.4, 0.5) is 0 Å². The molecule has 0 radical (unpaired) electrons. The van der Waals surface area contributed by atoms with Gasteiger partial charge in [-0.1, -0.05) is 12.1 Å². The second-order valence-corrected chi connectivity index (χ2v) is 5.27. The zero-order chi connectivity index (χ0) is 14.6. The highest BCUT2D eigenvalue weighted by Gasteiger charge is 2.32. The van der Waals surface area contributed by atoms with E-state index in [2.05, 4.69) is 10.1 Å². The van der Waals surface area contributed by atoms with Gasteiger partial charge in [-0.2, -0.15) is 0 Å². The van der Waals surface area contributed by atoms with Gasteiger partial charge in [-0.3, -0.25) is 0 Å². The van der Waals surface area contributed by atoms with E-state index < -0.39 is 5.79 Å². The lowest BCUT2D eigenvalue weighted by Crippen LogP contribution is -2.30. The van der Waals surface area contributed by atoms with Gasteiger partial charge in [0.05, 0.1) is 25.4 Å². The summed E-state index contributed by atoms with van der Waals surface area (Å²) in [5, 5.41) is 3.32. The van der Waals surface area contributed by atoms with Crippen LogP contribution < -0.4 is 5.32 Å². The topological polar surface area (TPSA) is 56.8 Å². The van der Waals surface area contributed by atoms with E-state index in [1.165, 1.54) is 7.11 Å². The molecule has 2 rings (SSSR count). The number of ether oxygens (including phenoxy) is 3. The summed E-state index contributed by atoms with van der Waals surface area (Å²) in [7, 11) is 1.38. The quantitative estimate of drug-likeness (QED) is 0.832. The van der Waals surface area contributed by atoms with Crippen molar-refractivity contribution in [2.24, 2.45) is 0 Å². The average Bonchev–Trinajstić information content (AvgIpc) is 2.78. The molecule has 1 atom stereocenters. The van der Waals surface area contributed by atoms with Crippen molar-refractivity contribution < 1.29 is 19.0 Å². The molecule has 0 amide bonds. The van der Waals surface area contributed by atoms with Crippen molar-refractivity contribution in [3.63, 3.8) is 0 Å². The highest BCUT2D eigenvalue weighted by molar-refractivity contribution is 5.89. The van der Waals surface area contributed by atoms with Crippen molar-refractivity contribution in [2.45, 2.75) is 32.3 Å². The van der Waals surface area contributed by atoms with Gasteiger partial charge in [0, 0.05) is 13.1 Å². The Labute approximate surface area is 119 Å². The first-order valence-electron chi connectivity index (χ1n) is 6.70. The summed E-state index contributed by atoms with van der Waals surface area (Å²) >= 11 is 0. The Bertz CT molecular complexity index is 455. The third kappa shape index (κ3) is 4.03. The Morgan fingerprint density at radius 1 is 1.40 bits per heavy atom. The van der Waals surface area contributed by atoms with E-state index in [-0.39, 0.29) is 12.1 Å². The molecule has 1 aliphatic heterocycles. The molecule has 0 aliphatic carbocycles. The third-order valence-corrected chi connectivity index (χ3v) is 3.14. The van der Waals surface area contributed by atoms with Crippen molar-refractivity contribution in [3.05, 3.63) is 35.4 Å². The van der Waals surface area contributed by atoms with E-state index in [4.69, 9.17) is 9.47 Å². The summed E-state index contributed by atoms with van der Waals surface area (Å²) < 4.78 is 15.9. The maximum Gasteiger partial charge on any atom is 0.337 e. The van der Waals surface area contributed by atoms with Crippen LogP contribution in [0.25, 0.3) is 0 Å². The van der Waals surface area contributed by atoms with Crippen LogP contribution in [0.15, 0.2) is 24.3 Å². The van der Waals surface area contributed by atoms with Crippen LogP contribution in [0.2, 0.25) is 0 Å². The first-order valence-corrected chi connectivity index (χ1v) is 6.70. The molecule has 5 nitrogen and oxygen atoms in total. The number of benzene rings is 1. The second kappa shape index (κ2) is 6.35. The van der Waals surface area contributed by atoms with Crippen molar-refractivity contribution in [3.8, 4) is 0 Å². The van der Waals surface area contributed by atoms with Crippen LogP contribution in [0.5, 0.6) is 0 Å². The van der Waals surface area contributed by atoms with Gasteiger partial charge < -0.3 is 19.5 Å². The van der Waals surface area contributed by atoms with E-state index >= 15 is 0 Å². The fourth-order valence-electron chi connectivity index (χ4n) is 2.12. The number of hydrogen-bond donors (Lipinski definition) is 1. The molecule has 1 heterocycles. The molecule has 0 spiro atoms. The lowest BCUT2D eigenvalue weighted by molar-refractivity contribution is -0.137. The predicted molar refractivity (Wildman–Crippen MR) is 74.4 cm³/mol. The summed E-state index contributed by atoms with van der Waals surface area (Å²) in [6.45, 7) is 5.91. The number of methoxy groups -OCH3 is 1. The number of hydrogen-bond acceptors (Lipinski definition) is 5. The summed E-state index contributed by atoms with van der Waals surface area (Å²) in [5.74, 6) is -0.794. The molecule has 0 aromatic heterocycles. The van der Waals surface area contributed by atoms with Crippen molar-refractivity contribution >= 4 is 5.97 Å². The SMILES string of the molecule is COC(=O)c1ccc(CNCC2COC(C)(C)O2)cc1. The molecule has 1 aliphatic rings. The minimum Gasteiger partial charge on any atom is -0.465 e. The Balaban J connectivity index is 1.76. The second-order valence-electron chi connectivity index (χ2n) is 5.27. The molecule has 0 saturated carbocycles. The first kappa shape index (κ1) is 15.0.